The van der Waals surface area contributed by atoms with Crippen LogP contribution in [0.3, 0.4) is 0 Å². The summed E-state index contributed by atoms with van der Waals surface area (Å²) in [6.07, 6.45) is 6.84. The van der Waals surface area contributed by atoms with Crippen molar-refractivity contribution < 1.29 is 4.79 Å². The zero-order valence-corrected chi connectivity index (χ0v) is 14.5. The van der Waals surface area contributed by atoms with Crippen molar-refractivity contribution >= 4 is 38.1 Å². The molecule has 0 bridgehead atoms. The van der Waals surface area contributed by atoms with E-state index in [1.807, 2.05) is 20.9 Å². The third-order valence-corrected chi connectivity index (χ3v) is 5.74. The van der Waals surface area contributed by atoms with Gasteiger partial charge in [0, 0.05) is 43.1 Å². The van der Waals surface area contributed by atoms with E-state index in [1.165, 1.54) is 11.3 Å². The molecule has 23 heavy (non-hydrogen) atoms. The first-order chi connectivity index (χ1) is 11.1. The molecule has 0 aliphatic carbocycles. The topological polar surface area (TPSA) is 75.4 Å². The summed E-state index contributed by atoms with van der Waals surface area (Å²) in [6.45, 7) is 1.25. The van der Waals surface area contributed by atoms with Gasteiger partial charge in [-0.15, -0.1) is 11.3 Å². The van der Waals surface area contributed by atoms with E-state index in [0.717, 1.165) is 17.8 Å². The molecule has 3 aromatic rings. The van der Waals surface area contributed by atoms with E-state index in [0.29, 0.717) is 23.4 Å². The number of halogens is 1. The Labute approximate surface area is 143 Å². The van der Waals surface area contributed by atoms with Gasteiger partial charge in [-0.05, 0) is 28.8 Å². The van der Waals surface area contributed by atoms with Crippen LogP contribution in [-0.2, 0) is 0 Å². The van der Waals surface area contributed by atoms with Crippen LogP contribution in [0.5, 0.6) is 0 Å². The predicted octanol–water partition coefficient (Wildman–Crippen LogP) is 2.13. The monoisotopic (exact) mass is 395 g/mol. The summed E-state index contributed by atoms with van der Waals surface area (Å²) in [4.78, 5) is 34.1. The molecule has 7 nitrogen and oxygen atoms in total. The molecule has 1 amide bonds. The van der Waals surface area contributed by atoms with Crippen LogP contribution in [0.1, 0.15) is 29.4 Å². The number of amides is 1. The molecular formula is C14H14BrN5O2S. The van der Waals surface area contributed by atoms with Gasteiger partial charge >= 0.3 is 5.69 Å². The minimum absolute atomic E-state index is 0.0624. The van der Waals surface area contributed by atoms with E-state index in [1.54, 1.807) is 17.0 Å². The number of nitrogens with one attached hydrogen (secondary N) is 1. The first-order valence-corrected chi connectivity index (χ1v) is 8.98. The highest BCUT2D eigenvalue weighted by Gasteiger charge is 2.28. The summed E-state index contributed by atoms with van der Waals surface area (Å²) in [6, 6.07) is 0.145. The lowest BCUT2D eigenvalue weighted by molar-refractivity contribution is 0.0687. The Kier molecular flexibility index (Phi) is 3.61. The van der Waals surface area contributed by atoms with Crippen LogP contribution in [-0.4, -0.2) is 42.8 Å². The molecule has 4 rings (SSSR count). The zero-order valence-electron chi connectivity index (χ0n) is 12.1. The largest absolute Gasteiger partial charge is 0.337 e. The number of thiazole rings is 1. The lowest BCUT2D eigenvalue weighted by Gasteiger charge is -2.31. The normalized spacial score (nSPS) is 16.3. The average molecular weight is 396 g/mol. The summed E-state index contributed by atoms with van der Waals surface area (Å²) in [5.74, 6) is -0.0624. The highest BCUT2D eigenvalue weighted by atomic mass is 79.9. The number of rotatable bonds is 2. The molecule has 3 aromatic heterocycles. The third kappa shape index (κ3) is 2.43. The van der Waals surface area contributed by atoms with Crippen molar-refractivity contribution in [2.24, 2.45) is 0 Å². The molecule has 9 heteroatoms. The van der Waals surface area contributed by atoms with Crippen molar-refractivity contribution in [3.63, 3.8) is 0 Å². The van der Waals surface area contributed by atoms with Crippen LogP contribution in [0.25, 0.3) is 4.96 Å². The van der Waals surface area contributed by atoms with Gasteiger partial charge in [0.1, 0.15) is 4.60 Å². The maximum Gasteiger partial charge on any atom is 0.325 e. The number of carbonyl (C=O) groups excluding carboxylic acids is 1. The van der Waals surface area contributed by atoms with E-state index < -0.39 is 0 Å². The number of hydrogen-bond acceptors (Lipinski definition) is 4. The fraction of sp³-hybridized carbons (Fsp3) is 0.357. The SMILES string of the molecule is O=C(c1nc2sccn2c1Br)N1CCC(n2cc[nH]c2=O)CC1. The number of likely N-dealkylation sites (tertiary alicyclic amines) is 1. The Bertz CT molecular complexity index is 915. The second-order valence-corrected chi connectivity index (χ2v) is 7.13. The fourth-order valence-corrected chi connectivity index (χ4v) is 4.39. The summed E-state index contributed by atoms with van der Waals surface area (Å²) in [7, 11) is 0. The molecule has 0 atom stereocenters. The summed E-state index contributed by atoms with van der Waals surface area (Å²) in [5.41, 5.74) is 0.362. The Morgan fingerprint density at radius 3 is 2.78 bits per heavy atom. The summed E-state index contributed by atoms with van der Waals surface area (Å²) >= 11 is 4.96. The quantitative estimate of drug-likeness (QED) is 0.721. The number of aromatic nitrogens is 4. The molecule has 4 heterocycles. The van der Waals surface area contributed by atoms with Crippen molar-refractivity contribution in [3.05, 3.63) is 44.8 Å². The number of aromatic amines is 1. The Morgan fingerprint density at radius 2 is 2.13 bits per heavy atom. The number of hydrogen-bond donors (Lipinski definition) is 1. The number of carbonyl (C=O) groups is 1. The van der Waals surface area contributed by atoms with E-state index >= 15 is 0 Å². The van der Waals surface area contributed by atoms with Crippen molar-refractivity contribution in [1.29, 1.82) is 0 Å². The molecule has 0 aromatic carbocycles. The van der Waals surface area contributed by atoms with Crippen molar-refractivity contribution in [3.8, 4) is 0 Å². The number of imidazole rings is 2. The van der Waals surface area contributed by atoms with Gasteiger partial charge in [0.05, 0.1) is 0 Å². The van der Waals surface area contributed by atoms with Crippen molar-refractivity contribution in [1.82, 2.24) is 23.8 Å². The van der Waals surface area contributed by atoms with Crippen LogP contribution >= 0.6 is 27.3 Å². The summed E-state index contributed by atoms with van der Waals surface area (Å²) < 4.78 is 4.27. The summed E-state index contributed by atoms with van der Waals surface area (Å²) in [5, 5.41) is 1.93. The molecule has 1 fully saturated rings. The molecule has 0 radical (unpaired) electrons. The highest BCUT2D eigenvalue weighted by Crippen LogP contribution is 2.26. The molecule has 1 N–H and O–H groups in total. The van der Waals surface area contributed by atoms with E-state index in [4.69, 9.17) is 0 Å². The van der Waals surface area contributed by atoms with Gasteiger partial charge in [0.2, 0.25) is 0 Å². The first kappa shape index (κ1) is 14.7. The minimum Gasteiger partial charge on any atom is -0.337 e. The van der Waals surface area contributed by atoms with Gasteiger partial charge in [-0.2, -0.15) is 0 Å². The average Bonchev–Trinajstić information content (AvgIpc) is 3.25. The number of fused-ring (bicyclic) bond motifs is 1. The fourth-order valence-electron chi connectivity index (χ4n) is 3.01. The number of H-pyrrole nitrogens is 1. The third-order valence-electron chi connectivity index (χ3n) is 4.23. The van der Waals surface area contributed by atoms with Crippen LogP contribution in [0.15, 0.2) is 33.4 Å². The maximum atomic E-state index is 12.7. The van der Waals surface area contributed by atoms with Crippen LogP contribution in [0.2, 0.25) is 0 Å². The molecule has 1 aliphatic heterocycles. The molecule has 0 spiro atoms. The standard InChI is InChI=1S/C14H14BrN5O2S/c15-11-10(17-14-20(11)7-8-23-14)12(21)18-4-1-9(2-5-18)19-6-3-16-13(19)22/h3,6-9H,1-2,4-5H2,(H,16,22). The lowest BCUT2D eigenvalue weighted by Crippen LogP contribution is -2.40. The molecule has 120 valence electrons. The minimum atomic E-state index is -0.0909. The molecule has 1 saturated heterocycles. The first-order valence-electron chi connectivity index (χ1n) is 7.31. The maximum absolute atomic E-state index is 12.7. The molecule has 0 saturated carbocycles. The van der Waals surface area contributed by atoms with Gasteiger partial charge in [0.25, 0.3) is 5.91 Å². The second-order valence-electron chi connectivity index (χ2n) is 5.50. The lowest BCUT2D eigenvalue weighted by atomic mass is 10.0. The van der Waals surface area contributed by atoms with Gasteiger partial charge < -0.3 is 9.88 Å². The predicted molar refractivity (Wildman–Crippen MR) is 90.0 cm³/mol. The number of piperidine rings is 1. The Morgan fingerprint density at radius 1 is 1.35 bits per heavy atom. The van der Waals surface area contributed by atoms with Crippen molar-refractivity contribution in [2.45, 2.75) is 18.9 Å². The van der Waals surface area contributed by atoms with Gasteiger partial charge in [-0.1, -0.05) is 0 Å². The Balaban J connectivity index is 1.50. The highest BCUT2D eigenvalue weighted by molar-refractivity contribution is 9.10. The van der Waals surface area contributed by atoms with Crippen LogP contribution in [0, 0.1) is 0 Å². The smallest absolute Gasteiger partial charge is 0.325 e. The number of nitrogens with zero attached hydrogens (tertiary/aromatic N) is 4. The molecule has 1 aliphatic rings. The van der Waals surface area contributed by atoms with E-state index in [-0.39, 0.29) is 17.6 Å². The van der Waals surface area contributed by atoms with Gasteiger partial charge in [-0.3, -0.25) is 13.8 Å². The van der Waals surface area contributed by atoms with E-state index in [2.05, 4.69) is 25.9 Å². The molecule has 0 unspecified atom stereocenters. The van der Waals surface area contributed by atoms with Gasteiger partial charge in [-0.25, -0.2) is 9.78 Å². The van der Waals surface area contributed by atoms with Crippen molar-refractivity contribution in [2.75, 3.05) is 13.1 Å². The van der Waals surface area contributed by atoms with Crippen LogP contribution < -0.4 is 5.69 Å². The van der Waals surface area contributed by atoms with Gasteiger partial charge in [0.15, 0.2) is 10.7 Å². The Hall–Kier alpha value is -1.87. The zero-order chi connectivity index (χ0) is 16.0. The second kappa shape index (κ2) is 5.64. The van der Waals surface area contributed by atoms with Crippen LogP contribution in [0.4, 0.5) is 0 Å². The molecular weight excluding hydrogens is 382 g/mol. The van der Waals surface area contributed by atoms with E-state index in [9.17, 15) is 9.59 Å².